The lowest BCUT2D eigenvalue weighted by Gasteiger charge is -1.97. The van der Waals surface area contributed by atoms with Crippen molar-refractivity contribution >= 4 is 23.3 Å². The van der Waals surface area contributed by atoms with Gasteiger partial charge in [0.15, 0.2) is 4.34 Å². The predicted molar refractivity (Wildman–Crippen MR) is 48.8 cm³/mol. The fourth-order valence-corrected chi connectivity index (χ4v) is 1.81. The largest absolute Gasteiger partial charge is 0.327 e. The molecule has 0 aliphatic heterocycles. The van der Waals surface area contributed by atoms with Crippen molar-refractivity contribution in [3.05, 3.63) is 18.5 Å². The number of aromatic nitrogens is 2. The SMILES string of the molecule is C=C(CN)CSc1ncns1. The molecule has 3 nitrogen and oxygen atoms in total. The van der Waals surface area contributed by atoms with Gasteiger partial charge in [-0.05, 0) is 11.5 Å². The minimum absolute atomic E-state index is 0.547. The maximum absolute atomic E-state index is 5.37. The zero-order valence-electron chi connectivity index (χ0n) is 5.99. The first-order chi connectivity index (χ1) is 5.33. The minimum atomic E-state index is 0.547. The van der Waals surface area contributed by atoms with Crippen molar-refractivity contribution in [1.82, 2.24) is 9.36 Å². The Kier molecular flexibility index (Phi) is 3.55. The van der Waals surface area contributed by atoms with Crippen LogP contribution in [0.25, 0.3) is 0 Å². The molecular weight excluding hydrogens is 178 g/mol. The topological polar surface area (TPSA) is 51.8 Å². The van der Waals surface area contributed by atoms with Crippen LogP contribution in [0, 0.1) is 0 Å². The quantitative estimate of drug-likeness (QED) is 0.567. The van der Waals surface area contributed by atoms with Crippen LogP contribution in [-0.2, 0) is 0 Å². The van der Waals surface area contributed by atoms with E-state index >= 15 is 0 Å². The summed E-state index contributed by atoms with van der Waals surface area (Å²) in [6.45, 7) is 4.33. The molecule has 0 spiro atoms. The Labute approximate surface area is 73.9 Å². The molecule has 0 saturated carbocycles. The lowest BCUT2D eigenvalue weighted by molar-refractivity contribution is 1.15. The molecule has 2 N–H and O–H groups in total. The highest BCUT2D eigenvalue weighted by Gasteiger charge is 1.97. The average molecular weight is 187 g/mol. The van der Waals surface area contributed by atoms with Crippen LogP contribution in [0.1, 0.15) is 0 Å². The van der Waals surface area contributed by atoms with Crippen LogP contribution in [0.4, 0.5) is 0 Å². The molecule has 1 rings (SSSR count). The Bertz CT molecular complexity index is 220. The Morgan fingerprint density at radius 3 is 3.18 bits per heavy atom. The third-order valence-electron chi connectivity index (χ3n) is 1.03. The van der Waals surface area contributed by atoms with E-state index in [0.717, 1.165) is 15.7 Å². The van der Waals surface area contributed by atoms with Crippen LogP contribution in [0.15, 0.2) is 22.8 Å². The van der Waals surface area contributed by atoms with E-state index in [4.69, 9.17) is 5.73 Å². The van der Waals surface area contributed by atoms with Gasteiger partial charge < -0.3 is 5.73 Å². The van der Waals surface area contributed by atoms with Crippen molar-refractivity contribution in [2.24, 2.45) is 5.73 Å². The molecule has 1 heterocycles. The minimum Gasteiger partial charge on any atom is -0.327 e. The van der Waals surface area contributed by atoms with Gasteiger partial charge in [-0.15, -0.1) is 0 Å². The van der Waals surface area contributed by atoms with Gasteiger partial charge in [0.05, 0.1) is 0 Å². The molecule has 0 atom stereocenters. The smallest absolute Gasteiger partial charge is 0.170 e. The van der Waals surface area contributed by atoms with E-state index in [1.54, 1.807) is 18.1 Å². The molecule has 0 aliphatic carbocycles. The van der Waals surface area contributed by atoms with Crippen molar-refractivity contribution in [3.8, 4) is 0 Å². The molecule has 0 aliphatic rings. The van der Waals surface area contributed by atoms with Crippen molar-refractivity contribution in [1.29, 1.82) is 0 Å². The van der Waals surface area contributed by atoms with Gasteiger partial charge in [0.2, 0.25) is 0 Å². The monoisotopic (exact) mass is 187 g/mol. The highest BCUT2D eigenvalue weighted by Crippen LogP contribution is 2.19. The molecule has 0 fully saturated rings. The van der Waals surface area contributed by atoms with Gasteiger partial charge in [0.1, 0.15) is 6.33 Å². The predicted octanol–water partition coefficient (Wildman–Crippen LogP) is 1.15. The number of nitrogens with zero attached hydrogens (tertiary/aromatic N) is 2. The van der Waals surface area contributed by atoms with Crippen LogP contribution in [0.3, 0.4) is 0 Å². The Morgan fingerprint density at radius 1 is 1.82 bits per heavy atom. The van der Waals surface area contributed by atoms with E-state index in [2.05, 4.69) is 15.9 Å². The maximum Gasteiger partial charge on any atom is 0.170 e. The zero-order valence-corrected chi connectivity index (χ0v) is 7.62. The van der Waals surface area contributed by atoms with E-state index in [0.29, 0.717) is 6.54 Å². The fraction of sp³-hybridized carbons (Fsp3) is 0.333. The number of nitrogens with two attached hydrogens (primary N) is 1. The van der Waals surface area contributed by atoms with Gasteiger partial charge in [-0.1, -0.05) is 23.9 Å². The zero-order chi connectivity index (χ0) is 8.10. The second-order valence-electron chi connectivity index (χ2n) is 1.95. The first-order valence-electron chi connectivity index (χ1n) is 3.09. The van der Waals surface area contributed by atoms with Crippen LogP contribution in [-0.4, -0.2) is 21.7 Å². The summed E-state index contributed by atoms with van der Waals surface area (Å²) >= 11 is 3.02. The van der Waals surface area contributed by atoms with Crippen LogP contribution >= 0.6 is 23.3 Å². The van der Waals surface area contributed by atoms with Crippen molar-refractivity contribution in [2.45, 2.75) is 4.34 Å². The molecule has 60 valence electrons. The molecule has 0 bridgehead atoms. The van der Waals surface area contributed by atoms with Gasteiger partial charge in [0, 0.05) is 12.3 Å². The summed E-state index contributed by atoms with van der Waals surface area (Å²) in [4.78, 5) is 4.01. The lowest BCUT2D eigenvalue weighted by Crippen LogP contribution is -2.03. The van der Waals surface area contributed by atoms with Crippen LogP contribution < -0.4 is 5.73 Å². The van der Waals surface area contributed by atoms with E-state index < -0.39 is 0 Å². The summed E-state index contributed by atoms with van der Waals surface area (Å²) in [7, 11) is 0. The summed E-state index contributed by atoms with van der Waals surface area (Å²) in [5, 5.41) is 0. The molecule has 0 unspecified atom stereocenters. The van der Waals surface area contributed by atoms with E-state index in [-0.39, 0.29) is 0 Å². The van der Waals surface area contributed by atoms with Crippen molar-refractivity contribution < 1.29 is 0 Å². The van der Waals surface area contributed by atoms with Crippen molar-refractivity contribution in [3.63, 3.8) is 0 Å². The van der Waals surface area contributed by atoms with Crippen molar-refractivity contribution in [2.75, 3.05) is 12.3 Å². The highest BCUT2D eigenvalue weighted by atomic mass is 32.2. The first kappa shape index (κ1) is 8.70. The first-order valence-corrected chi connectivity index (χ1v) is 4.85. The Balaban J connectivity index is 2.29. The summed E-state index contributed by atoms with van der Waals surface area (Å²) in [6.07, 6.45) is 1.55. The molecule has 0 aromatic carbocycles. The molecule has 1 aromatic rings. The lowest BCUT2D eigenvalue weighted by atomic mass is 10.4. The fourth-order valence-electron chi connectivity index (χ4n) is 0.449. The van der Waals surface area contributed by atoms with Gasteiger partial charge in [-0.3, -0.25) is 0 Å². The third-order valence-corrected chi connectivity index (χ3v) is 2.97. The highest BCUT2D eigenvalue weighted by molar-refractivity contribution is 8.01. The molecule has 0 saturated heterocycles. The normalized spacial score (nSPS) is 9.91. The maximum atomic E-state index is 5.37. The Hall–Kier alpha value is -0.390. The van der Waals surface area contributed by atoms with Crippen LogP contribution in [0.5, 0.6) is 0 Å². The molecule has 5 heteroatoms. The molecule has 1 aromatic heterocycles. The van der Waals surface area contributed by atoms with E-state index in [9.17, 15) is 0 Å². The second-order valence-corrected chi connectivity index (χ2v) is 3.95. The molecule has 11 heavy (non-hydrogen) atoms. The van der Waals surface area contributed by atoms with Gasteiger partial charge in [0.25, 0.3) is 0 Å². The summed E-state index contributed by atoms with van der Waals surface area (Å²) in [5.74, 6) is 0.839. The number of rotatable bonds is 4. The van der Waals surface area contributed by atoms with Crippen LogP contribution in [0.2, 0.25) is 0 Å². The summed E-state index contributed by atoms with van der Waals surface area (Å²) in [5.41, 5.74) is 6.40. The van der Waals surface area contributed by atoms with E-state index in [1.807, 2.05) is 0 Å². The van der Waals surface area contributed by atoms with Gasteiger partial charge in [-0.2, -0.15) is 4.37 Å². The molecular formula is C6H9N3S2. The summed E-state index contributed by atoms with van der Waals surface area (Å²) in [6, 6.07) is 0. The second kappa shape index (κ2) is 4.48. The number of hydrogen-bond acceptors (Lipinski definition) is 5. The van der Waals surface area contributed by atoms with Gasteiger partial charge >= 0.3 is 0 Å². The standard InChI is InChI=1S/C6H9N3S2/c1-5(2-7)3-10-6-8-4-9-11-6/h4H,1-3,7H2. The number of hydrogen-bond donors (Lipinski definition) is 1. The summed E-state index contributed by atoms with van der Waals surface area (Å²) < 4.78 is 4.85. The Morgan fingerprint density at radius 2 is 2.64 bits per heavy atom. The van der Waals surface area contributed by atoms with Gasteiger partial charge in [-0.25, -0.2) is 4.98 Å². The van der Waals surface area contributed by atoms with E-state index in [1.165, 1.54) is 11.5 Å². The number of thioether (sulfide) groups is 1. The molecule has 0 radical (unpaired) electrons. The molecule has 0 amide bonds. The third kappa shape index (κ3) is 3.00. The average Bonchev–Trinajstić information content (AvgIpc) is 2.52.